The number of benzene rings is 2. The van der Waals surface area contributed by atoms with Crippen molar-refractivity contribution in [2.75, 3.05) is 13.2 Å². The molecule has 0 amide bonds. The second kappa shape index (κ2) is 11.5. The third kappa shape index (κ3) is 6.36. The van der Waals surface area contributed by atoms with Crippen LogP contribution in [0, 0.1) is 11.6 Å². The molecule has 3 atom stereocenters. The highest BCUT2D eigenvalue weighted by Gasteiger charge is 2.45. The van der Waals surface area contributed by atoms with Crippen LogP contribution in [0.4, 0.5) is 31.5 Å². The van der Waals surface area contributed by atoms with E-state index in [1.165, 1.54) is 13.0 Å². The third-order valence-corrected chi connectivity index (χ3v) is 7.00. The van der Waals surface area contributed by atoms with E-state index in [4.69, 9.17) is 9.47 Å². The molecule has 1 unspecified atom stereocenters. The first-order chi connectivity index (χ1) is 19.5. The molecule has 0 aliphatic carbocycles. The Labute approximate surface area is 238 Å². The van der Waals surface area contributed by atoms with E-state index in [0.717, 1.165) is 21.6 Å². The van der Waals surface area contributed by atoms with E-state index in [0.29, 0.717) is 10.9 Å². The Morgan fingerprint density at radius 2 is 1.71 bits per heavy atom. The minimum Gasteiger partial charge on any atom is -0.464 e. The number of carboxylic acid groups (broad SMARTS) is 1. The molecule has 1 aliphatic heterocycles. The predicted octanol–water partition coefficient (Wildman–Crippen LogP) is 6.72. The van der Waals surface area contributed by atoms with Crippen LogP contribution in [0.15, 0.2) is 36.4 Å². The van der Waals surface area contributed by atoms with Gasteiger partial charge in [0.25, 0.3) is 0 Å². The number of para-hydroxylation sites is 1. The van der Waals surface area contributed by atoms with Crippen LogP contribution < -0.4 is 0 Å². The van der Waals surface area contributed by atoms with E-state index >= 15 is 8.78 Å². The predicted molar refractivity (Wildman–Crippen MR) is 141 cm³/mol. The number of hydrogen-bond donors (Lipinski definition) is 2. The molecule has 0 saturated carbocycles. The fraction of sp³-hybridized carbons (Fsp3) is 0.448. The number of hydrogen-bond acceptors (Lipinski definition) is 6. The molecular weight excluding hydrogens is 567 g/mol. The molecule has 3 aromatic rings. The lowest BCUT2D eigenvalue weighted by Gasteiger charge is -2.42. The summed E-state index contributed by atoms with van der Waals surface area (Å²) in [6.45, 7) is 4.11. The van der Waals surface area contributed by atoms with Crippen LogP contribution in [0.5, 0.6) is 0 Å². The lowest BCUT2D eigenvalue weighted by atomic mass is 9.87. The normalized spacial score (nSPS) is 18.5. The maximum Gasteiger partial charge on any atom is 0.509 e. The van der Waals surface area contributed by atoms with Gasteiger partial charge in [-0.1, -0.05) is 18.2 Å². The van der Waals surface area contributed by atoms with Crippen LogP contribution in [0.2, 0.25) is 0 Å². The number of alkyl halides is 3. The van der Waals surface area contributed by atoms with Gasteiger partial charge >= 0.3 is 18.4 Å². The number of aliphatic hydroxyl groups is 1. The average molecular weight is 599 g/mol. The second-order valence-electron chi connectivity index (χ2n) is 11.2. The summed E-state index contributed by atoms with van der Waals surface area (Å²) >= 11 is 0. The summed E-state index contributed by atoms with van der Waals surface area (Å²) in [7, 11) is 0. The number of aliphatic hydroxyl groups excluding tert-OH is 1. The van der Waals surface area contributed by atoms with Gasteiger partial charge < -0.3 is 19.7 Å². The highest BCUT2D eigenvalue weighted by atomic mass is 19.4. The molecule has 8 nitrogen and oxygen atoms in total. The van der Waals surface area contributed by atoms with Crippen molar-refractivity contribution in [3.05, 3.63) is 70.4 Å². The molecule has 0 fully saturated rings. The number of aromatic nitrogens is 1. The van der Waals surface area contributed by atoms with Gasteiger partial charge in [-0.2, -0.15) is 13.2 Å². The van der Waals surface area contributed by atoms with Crippen LogP contribution in [-0.4, -0.2) is 62.9 Å². The van der Waals surface area contributed by atoms with Gasteiger partial charge in [-0.05, 0) is 63.4 Å². The minimum absolute atomic E-state index is 0.00628. The molecule has 0 spiro atoms. The molecule has 0 bridgehead atoms. The number of halogens is 5. The highest BCUT2D eigenvalue weighted by Crippen LogP contribution is 2.45. The van der Waals surface area contributed by atoms with Gasteiger partial charge in [0.15, 0.2) is 0 Å². The van der Waals surface area contributed by atoms with Gasteiger partial charge in [0.1, 0.15) is 23.3 Å². The van der Waals surface area contributed by atoms with Crippen LogP contribution in [-0.2, 0) is 15.9 Å². The van der Waals surface area contributed by atoms with Gasteiger partial charge in [0, 0.05) is 30.0 Å². The first kappa shape index (κ1) is 31.2. The summed E-state index contributed by atoms with van der Waals surface area (Å²) in [5, 5.41) is 20.0. The fourth-order valence-electron chi connectivity index (χ4n) is 5.47. The Hall–Kier alpha value is -3.71. The smallest absolute Gasteiger partial charge is 0.464 e. The molecule has 0 radical (unpaired) electrons. The number of carbonyl (C=O) groups is 2. The molecule has 0 saturated heterocycles. The summed E-state index contributed by atoms with van der Waals surface area (Å²) in [4.78, 5) is 25.5. The summed E-state index contributed by atoms with van der Waals surface area (Å²) in [5.41, 5.74) is -1.58. The van der Waals surface area contributed by atoms with Gasteiger partial charge in [0.2, 0.25) is 0 Å². The van der Waals surface area contributed by atoms with Crippen molar-refractivity contribution in [3.63, 3.8) is 0 Å². The van der Waals surface area contributed by atoms with Crippen molar-refractivity contribution in [1.82, 2.24) is 9.47 Å². The van der Waals surface area contributed by atoms with Gasteiger partial charge in [-0.3, -0.25) is 4.90 Å². The topological polar surface area (TPSA) is 101 Å². The lowest BCUT2D eigenvalue weighted by molar-refractivity contribution is -0.155. The number of carbonyl (C=O) groups excluding carboxylic acids is 1. The van der Waals surface area contributed by atoms with Crippen LogP contribution in [0.1, 0.15) is 68.6 Å². The molecule has 4 rings (SSSR count). The van der Waals surface area contributed by atoms with Crippen LogP contribution in [0.25, 0.3) is 10.9 Å². The standard InChI is InChI=1S/C29H31F5N2O6/c1-15-11-18-17-7-5-6-8-21(17)36(26(38)39)24(18)25(35(15)14-29(32,33)34)23-19(30)12-16(13-20(23)31)22(9-10-37)41-27(40)42-28(2,3)4/h5-8,12-13,15,22,25,37H,9-11,14H2,1-4H3,(H,38,39)/t15-,22?,25-/m1/s1. The Bertz CT molecular complexity index is 1470. The number of nitrogens with zero attached hydrogens (tertiary/aromatic N) is 2. The van der Waals surface area contributed by atoms with Gasteiger partial charge in [-0.15, -0.1) is 0 Å². The largest absolute Gasteiger partial charge is 0.509 e. The van der Waals surface area contributed by atoms with E-state index in [9.17, 15) is 33.0 Å². The summed E-state index contributed by atoms with van der Waals surface area (Å²) in [5.74, 6) is -2.56. The van der Waals surface area contributed by atoms with Crippen molar-refractivity contribution in [2.24, 2.45) is 0 Å². The zero-order valence-corrected chi connectivity index (χ0v) is 23.3. The van der Waals surface area contributed by atoms with Crippen molar-refractivity contribution in [3.8, 4) is 0 Å². The molecule has 1 aromatic heterocycles. The molecule has 13 heteroatoms. The Morgan fingerprint density at radius 1 is 1.10 bits per heavy atom. The van der Waals surface area contributed by atoms with Crippen molar-refractivity contribution in [1.29, 1.82) is 0 Å². The monoisotopic (exact) mass is 598 g/mol. The van der Waals surface area contributed by atoms with E-state index in [1.807, 2.05) is 0 Å². The molecule has 2 heterocycles. The highest BCUT2D eigenvalue weighted by molar-refractivity contribution is 5.94. The van der Waals surface area contributed by atoms with E-state index in [2.05, 4.69) is 0 Å². The average Bonchev–Trinajstić information content (AvgIpc) is 3.17. The fourth-order valence-corrected chi connectivity index (χ4v) is 5.47. The SMILES string of the molecule is C[C@@H]1Cc2c(n(C(=O)O)c3ccccc23)[C@@H](c2c(F)cc(C(CCO)OC(=O)OC(C)(C)C)cc2F)N1CC(F)(F)F. The third-order valence-electron chi connectivity index (χ3n) is 7.00. The van der Waals surface area contributed by atoms with Gasteiger partial charge in [-0.25, -0.2) is 22.9 Å². The minimum atomic E-state index is -4.77. The van der Waals surface area contributed by atoms with Crippen molar-refractivity contribution in [2.45, 2.75) is 70.5 Å². The first-order valence-electron chi connectivity index (χ1n) is 13.2. The summed E-state index contributed by atoms with van der Waals surface area (Å²) in [6.07, 6.45) is -9.05. The van der Waals surface area contributed by atoms with E-state index < -0.39 is 72.6 Å². The van der Waals surface area contributed by atoms with Crippen molar-refractivity contribution >= 4 is 23.2 Å². The van der Waals surface area contributed by atoms with Crippen LogP contribution >= 0.6 is 0 Å². The number of fused-ring (bicyclic) bond motifs is 3. The molecule has 2 aromatic carbocycles. The summed E-state index contributed by atoms with van der Waals surface area (Å²) < 4.78 is 84.4. The Morgan fingerprint density at radius 3 is 2.26 bits per heavy atom. The lowest BCUT2D eigenvalue weighted by Crippen LogP contribution is -2.48. The maximum atomic E-state index is 16.0. The molecular formula is C29H31F5N2O6. The van der Waals surface area contributed by atoms with Crippen LogP contribution in [0.3, 0.4) is 0 Å². The zero-order valence-electron chi connectivity index (χ0n) is 23.3. The van der Waals surface area contributed by atoms with E-state index in [1.54, 1.807) is 39.0 Å². The number of ether oxygens (including phenoxy) is 2. The van der Waals surface area contributed by atoms with E-state index in [-0.39, 0.29) is 29.6 Å². The number of rotatable bonds is 6. The molecule has 1 aliphatic rings. The summed E-state index contributed by atoms with van der Waals surface area (Å²) in [6, 6.07) is 5.24. The molecule has 42 heavy (non-hydrogen) atoms. The Kier molecular flexibility index (Phi) is 8.57. The first-order valence-corrected chi connectivity index (χ1v) is 13.2. The quantitative estimate of drug-likeness (QED) is 0.240. The Balaban J connectivity index is 1.91. The molecule has 2 N–H and O–H groups in total. The maximum absolute atomic E-state index is 16.0. The zero-order chi connectivity index (χ0) is 31.1. The van der Waals surface area contributed by atoms with Crippen molar-refractivity contribution < 1.29 is 51.2 Å². The second-order valence-corrected chi connectivity index (χ2v) is 11.2. The van der Waals surface area contributed by atoms with Gasteiger partial charge in [0.05, 0.1) is 23.8 Å². The molecule has 228 valence electrons.